The fraction of sp³-hybridized carbons (Fsp3) is 1.00. The fourth-order valence-corrected chi connectivity index (χ4v) is 3.45. The molecule has 0 saturated carbocycles. The van der Waals surface area contributed by atoms with Crippen molar-refractivity contribution in [3.8, 4) is 0 Å². The van der Waals surface area contributed by atoms with Crippen LogP contribution in [0.25, 0.3) is 0 Å². The first kappa shape index (κ1) is 13.0. The lowest BCUT2D eigenvalue weighted by molar-refractivity contribution is -0.0708. The molecule has 0 fully saturated rings. The third-order valence-corrected chi connectivity index (χ3v) is 3.72. The average Bonchev–Trinajstić information content (AvgIpc) is 1.82. The second kappa shape index (κ2) is 4.45. The van der Waals surface area contributed by atoms with Crippen LogP contribution in [0.4, 0.5) is 0 Å². The molecule has 0 aliphatic carbocycles. The number of aliphatic hydroxyl groups excluding tert-OH is 1. The summed E-state index contributed by atoms with van der Waals surface area (Å²) in [5.74, 6) is 1.56. The van der Waals surface area contributed by atoms with E-state index in [-0.39, 0.29) is 11.5 Å². The molecular weight excluding hydrogens is 160 g/mol. The van der Waals surface area contributed by atoms with Gasteiger partial charge in [0.15, 0.2) is 0 Å². The molecule has 0 amide bonds. The summed E-state index contributed by atoms with van der Waals surface area (Å²) in [7, 11) is 0. The van der Waals surface area contributed by atoms with Crippen LogP contribution in [-0.4, -0.2) is 11.2 Å². The van der Waals surface area contributed by atoms with E-state index in [0.717, 1.165) is 0 Å². The van der Waals surface area contributed by atoms with Crippen molar-refractivity contribution in [3.63, 3.8) is 0 Å². The van der Waals surface area contributed by atoms with Gasteiger partial charge in [0.1, 0.15) is 0 Å². The minimum Gasteiger partial charge on any atom is -0.393 e. The third kappa shape index (κ3) is 2.07. The van der Waals surface area contributed by atoms with Crippen molar-refractivity contribution in [1.82, 2.24) is 0 Å². The monoisotopic (exact) mass is 186 g/mol. The van der Waals surface area contributed by atoms with Crippen molar-refractivity contribution in [2.75, 3.05) is 0 Å². The highest BCUT2D eigenvalue weighted by atomic mass is 16.3. The number of rotatable bonds is 4. The molecule has 0 saturated heterocycles. The molecule has 1 N–H and O–H groups in total. The zero-order valence-electron chi connectivity index (χ0n) is 10.3. The van der Waals surface area contributed by atoms with Gasteiger partial charge >= 0.3 is 0 Å². The van der Waals surface area contributed by atoms with E-state index in [4.69, 9.17) is 0 Å². The predicted octanol–water partition coefficient (Wildman–Crippen LogP) is 3.32. The van der Waals surface area contributed by atoms with Crippen molar-refractivity contribution in [2.24, 2.45) is 23.2 Å². The van der Waals surface area contributed by atoms with E-state index in [2.05, 4.69) is 41.5 Å². The summed E-state index contributed by atoms with van der Waals surface area (Å²) in [6.07, 6.45) is -0.229. The molecule has 1 unspecified atom stereocenters. The van der Waals surface area contributed by atoms with Crippen LogP contribution in [-0.2, 0) is 0 Å². The van der Waals surface area contributed by atoms with Crippen molar-refractivity contribution in [3.05, 3.63) is 0 Å². The minimum atomic E-state index is -0.229. The predicted molar refractivity (Wildman–Crippen MR) is 58.6 cm³/mol. The van der Waals surface area contributed by atoms with Crippen molar-refractivity contribution < 1.29 is 5.11 Å². The first-order chi connectivity index (χ1) is 5.77. The highest BCUT2D eigenvalue weighted by Gasteiger charge is 2.43. The van der Waals surface area contributed by atoms with Gasteiger partial charge in [0.25, 0.3) is 0 Å². The topological polar surface area (TPSA) is 20.2 Å². The first-order valence-corrected chi connectivity index (χ1v) is 5.45. The van der Waals surface area contributed by atoms with Crippen molar-refractivity contribution in [2.45, 2.75) is 54.6 Å². The normalized spacial score (nSPS) is 15.9. The van der Waals surface area contributed by atoms with Crippen LogP contribution >= 0.6 is 0 Å². The molecule has 1 nitrogen and oxygen atoms in total. The summed E-state index contributed by atoms with van der Waals surface area (Å²) >= 11 is 0. The van der Waals surface area contributed by atoms with Crippen LogP contribution < -0.4 is 0 Å². The Balaban J connectivity index is 5.06. The lowest BCUT2D eigenvalue weighted by Crippen LogP contribution is -2.47. The molecule has 0 aromatic rings. The molecular formula is C12H26O. The maximum absolute atomic E-state index is 9.97. The Bertz CT molecular complexity index is 108. The molecule has 0 rings (SSSR count). The molecule has 1 heteroatoms. The molecule has 0 radical (unpaired) electrons. The van der Waals surface area contributed by atoms with Crippen molar-refractivity contribution in [1.29, 1.82) is 0 Å². The summed E-state index contributed by atoms with van der Waals surface area (Å²) in [6.45, 7) is 15.2. The Morgan fingerprint density at radius 3 is 0.923 bits per heavy atom. The summed E-state index contributed by atoms with van der Waals surface area (Å²) in [5.41, 5.74) is 0.0556. The maximum Gasteiger partial charge on any atom is 0.0575 e. The van der Waals surface area contributed by atoms with Gasteiger partial charge in [-0.25, -0.2) is 0 Å². The Kier molecular flexibility index (Phi) is 4.44. The summed E-state index contributed by atoms with van der Waals surface area (Å²) < 4.78 is 0. The molecule has 80 valence electrons. The molecule has 0 bridgehead atoms. The Morgan fingerprint density at radius 2 is 0.923 bits per heavy atom. The summed E-state index contributed by atoms with van der Waals surface area (Å²) in [5, 5.41) is 9.97. The van der Waals surface area contributed by atoms with E-state index >= 15 is 0 Å². The average molecular weight is 186 g/mol. The van der Waals surface area contributed by atoms with E-state index in [1.807, 2.05) is 6.92 Å². The van der Waals surface area contributed by atoms with Gasteiger partial charge in [0.05, 0.1) is 6.10 Å². The summed E-state index contributed by atoms with van der Waals surface area (Å²) in [6, 6.07) is 0. The fourth-order valence-electron chi connectivity index (χ4n) is 3.45. The van der Waals surface area contributed by atoms with Crippen LogP contribution in [0.2, 0.25) is 0 Å². The quantitative estimate of drug-likeness (QED) is 0.714. The molecule has 0 aliphatic heterocycles. The highest BCUT2D eigenvalue weighted by molar-refractivity contribution is 4.92. The SMILES string of the molecule is CC(C)C(C(C)C)(C(C)C)C(C)O. The number of hydrogen-bond donors (Lipinski definition) is 1. The van der Waals surface area contributed by atoms with Gasteiger partial charge in [0.2, 0.25) is 0 Å². The zero-order chi connectivity index (χ0) is 10.8. The van der Waals surface area contributed by atoms with E-state index in [9.17, 15) is 5.11 Å². The van der Waals surface area contributed by atoms with Gasteiger partial charge in [-0.2, -0.15) is 0 Å². The van der Waals surface area contributed by atoms with Crippen molar-refractivity contribution >= 4 is 0 Å². The molecule has 0 heterocycles. The van der Waals surface area contributed by atoms with E-state index in [0.29, 0.717) is 17.8 Å². The number of hydrogen-bond acceptors (Lipinski definition) is 1. The van der Waals surface area contributed by atoms with Crippen LogP contribution in [0, 0.1) is 23.2 Å². The molecule has 13 heavy (non-hydrogen) atoms. The molecule has 0 aromatic heterocycles. The lowest BCUT2D eigenvalue weighted by atomic mass is 9.59. The third-order valence-electron chi connectivity index (χ3n) is 3.72. The van der Waals surface area contributed by atoms with Gasteiger partial charge in [-0.3, -0.25) is 0 Å². The summed E-state index contributed by atoms with van der Waals surface area (Å²) in [4.78, 5) is 0. The molecule has 1 atom stereocenters. The lowest BCUT2D eigenvalue weighted by Gasteiger charge is -2.47. The van der Waals surface area contributed by atoms with Gasteiger partial charge < -0.3 is 5.11 Å². The molecule has 0 aliphatic rings. The maximum atomic E-state index is 9.97. The molecule has 0 spiro atoms. The van der Waals surface area contributed by atoms with Gasteiger partial charge in [-0.05, 0) is 24.7 Å². The van der Waals surface area contributed by atoms with Crippen LogP contribution in [0.3, 0.4) is 0 Å². The minimum absolute atomic E-state index is 0.0556. The van der Waals surface area contributed by atoms with E-state index in [1.54, 1.807) is 0 Å². The van der Waals surface area contributed by atoms with E-state index < -0.39 is 0 Å². The zero-order valence-corrected chi connectivity index (χ0v) is 10.3. The largest absolute Gasteiger partial charge is 0.393 e. The first-order valence-electron chi connectivity index (χ1n) is 5.45. The second-order valence-corrected chi connectivity index (χ2v) is 5.14. The van der Waals surface area contributed by atoms with Crippen LogP contribution in [0.1, 0.15) is 48.5 Å². The molecule has 0 aromatic carbocycles. The number of aliphatic hydroxyl groups is 1. The Hall–Kier alpha value is -0.0400. The van der Waals surface area contributed by atoms with E-state index in [1.165, 1.54) is 0 Å². The van der Waals surface area contributed by atoms with Gasteiger partial charge in [0, 0.05) is 5.41 Å². The van der Waals surface area contributed by atoms with Crippen LogP contribution in [0.15, 0.2) is 0 Å². The highest BCUT2D eigenvalue weighted by Crippen LogP contribution is 2.45. The Labute approximate surface area is 83.5 Å². The smallest absolute Gasteiger partial charge is 0.0575 e. The Morgan fingerprint density at radius 1 is 0.692 bits per heavy atom. The van der Waals surface area contributed by atoms with Crippen LogP contribution in [0.5, 0.6) is 0 Å². The second-order valence-electron chi connectivity index (χ2n) is 5.14. The van der Waals surface area contributed by atoms with Gasteiger partial charge in [-0.1, -0.05) is 41.5 Å². The standard InChI is InChI=1S/C12H26O/c1-8(2)12(9(3)4,10(5)6)11(7)13/h8-11,13H,1-7H3. The van der Waals surface area contributed by atoms with Gasteiger partial charge in [-0.15, -0.1) is 0 Å².